The van der Waals surface area contributed by atoms with E-state index in [1.54, 1.807) is 36.4 Å². The van der Waals surface area contributed by atoms with Crippen LogP contribution in [0.2, 0.25) is 0 Å². The van der Waals surface area contributed by atoms with E-state index in [9.17, 15) is 15.3 Å². The second-order valence-corrected chi connectivity index (χ2v) is 3.56. The molecule has 5 heteroatoms. The fourth-order valence-electron chi connectivity index (χ4n) is 1.67. The number of nitro groups is 1. The number of rotatable bonds is 2. The van der Waals surface area contributed by atoms with Gasteiger partial charge in [-0.15, -0.1) is 0 Å². The van der Waals surface area contributed by atoms with Crippen LogP contribution in [0.5, 0.6) is 0 Å². The lowest BCUT2D eigenvalue weighted by Gasteiger charge is -2.02. The summed E-state index contributed by atoms with van der Waals surface area (Å²) in [6, 6.07) is 15.5. The van der Waals surface area contributed by atoms with Gasteiger partial charge >= 0.3 is 6.07 Å². The summed E-state index contributed by atoms with van der Waals surface area (Å²) in [6.07, 6.45) is 0. The second-order valence-electron chi connectivity index (χ2n) is 3.56. The van der Waals surface area contributed by atoms with Crippen molar-refractivity contribution in [2.45, 2.75) is 0 Å². The zero-order chi connectivity index (χ0) is 13.0. The number of non-ortho nitro benzene ring substituents is 1. The zero-order valence-electron chi connectivity index (χ0n) is 9.24. The predicted molar refractivity (Wildman–Crippen MR) is 68.2 cm³/mol. The summed E-state index contributed by atoms with van der Waals surface area (Å²) in [7, 11) is 0. The van der Waals surface area contributed by atoms with Gasteiger partial charge in [0.15, 0.2) is 0 Å². The molecule has 0 aliphatic rings. The number of nitro benzene ring substituents is 1. The first-order valence-corrected chi connectivity index (χ1v) is 5.14. The standard InChI is InChI=1S/C13H8N2O3/c16-14-9-11-4-1-2-7-13(11)10-5-3-6-12(8-10)15(17)18/h1-8H. The first kappa shape index (κ1) is 11.6. The topological polar surface area (TPSA) is 70.6 Å². The molecule has 0 spiro atoms. The molecule has 0 saturated heterocycles. The zero-order valence-corrected chi connectivity index (χ0v) is 9.24. The molecular weight excluding hydrogens is 232 g/mol. The van der Waals surface area contributed by atoms with Crippen LogP contribution in [0.15, 0.2) is 48.5 Å². The van der Waals surface area contributed by atoms with E-state index in [-0.39, 0.29) is 5.69 Å². The molecule has 0 aliphatic carbocycles. The Morgan fingerprint density at radius 2 is 1.89 bits per heavy atom. The van der Waals surface area contributed by atoms with Crippen LogP contribution in [-0.2, 0) is 0 Å². The number of hydrogen-bond donors (Lipinski definition) is 0. The van der Waals surface area contributed by atoms with E-state index in [0.717, 1.165) is 0 Å². The Kier molecular flexibility index (Phi) is 3.21. The van der Waals surface area contributed by atoms with Crippen LogP contribution < -0.4 is 0 Å². The van der Waals surface area contributed by atoms with Crippen molar-refractivity contribution in [1.29, 1.82) is 0 Å². The Bertz CT molecular complexity index is 657. The monoisotopic (exact) mass is 240 g/mol. The Morgan fingerprint density at radius 3 is 2.61 bits per heavy atom. The van der Waals surface area contributed by atoms with E-state index >= 15 is 0 Å². The van der Waals surface area contributed by atoms with Gasteiger partial charge in [0.25, 0.3) is 5.69 Å². The van der Waals surface area contributed by atoms with Crippen LogP contribution in [0, 0.1) is 21.4 Å². The van der Waals surface area contributed by atoms with Crippen LogP contribution in [0.1, 0.15) is 5.56 Å². The number of nitrogens with zero attached hydrogens (tertiary/aromatic N) is 2. The maximum Gasteiger partial charge on any atom is 0.337 e. The summed E-state index contributed by atoms with van der Waals surface area (Å²) >= 11 is 0. The summed E-state index contributed by atoms with van der Waals surface area (Å²) < 4.78 is 0. The van der Waals surface area contributed by atoms with Crippen molar-refractivity contribution in [3.05, 3.63) is 74.4 Å². The van der Waals surface area contributed by atoms with Crippen molar-refractivity contribution in [2.75, 3.05) is 0 Å². The van der Waals surface area contributed by atoms with Gasteiger partial charge in [-0.05, 0) is 11.6 Å². The first-order chi connectivity index (χ1) is 8.72. The molecular formula is C13H8N2O3. The second kappa shape index (κ2) is 4.97. The van der Waals surface area contributed by atoms with Gasteiger partial charge in [-0.1, -0.05) is 30.3 Å². The highest BCUT2D eigenvalue weighted by Crippen LogP contribution is 2.26. The van der Waals surface area contributed by atoms with E-state index in [2.05, 4.69) is 11.1 Å². The third kappa shape index (κ3) is 2.28. The van der Waals surface area contributed by atoms with Crippen molar-refractivity contribution in [3.63, 3.8) is 0 Å². The molecule has 5 nitrogen and oxygen atoms in total. The Hall–Kier alpha value is -2.87. The summed E-state index contributed by atoms with van der Waals surface area (Å²) in [5, 5.41) is 23.6. The van der Waals surface area contributed by atoms with Gasteiger partial charge < -0.3 is 5.21 Å². The van der Waals surface area contributed by atoms with Crippen molar-refractivity contribution in [3.8, 4) is 17.2 Å². The minimum atomic E-state index is -0.461. The molecule has 2 aromatic carbocycles. The van der Waals surface area contributed by atoms with Crippen LogP contribution >= 0.6 is 0 Å². The Balaban J connectivity index is 2.57. The van der Waals surface area contributed by atoms with Crippen molar-refractivity contribution < 1.29 is 4.92 Å². The van der Waals surface area contributed by atoms with Gasteiger partial charge in [-0.25, -0.2) is 0 Å². The largest absolute Gasteiger partial charge is 0.498 e. The summed E-state index contributed by atoms with van der Waals surface area (Å²) in [5.41, 5.74) is 1.84. The Labute approximate surface area is 103 Å². The highest BCUT2D eigenvalue weighted by Gasteiger charge is 2.10. The number of hydrogen-bond acceptors (Lipinski definition) is 3. The van der Waals surface area contributed by atoms with E-state index in [1.807, 2.05) is 0 Å². The Morgan fingerprint density at radius 1 is 1.11 bits per heavy atom. The van der Waals surface area contributed by atoms with Gasteiger partial charge in [-0.3, -0.25) is 10.1 Å². The molecule has 0 aromatic heterocycles. The minimum absolute atomic E-state index is 0.00126. The van der Waals surface area contributed by atoms with E-state index < -0.39 is 4.92 Å². The van der Waals surface area contributed by atoms with Crippen LogP contribution in [0.25, 0.3) is 16.1 Å². The molecule has 0 amide bonds. The SMILES string of the molecule is O=[N+]([O-])c1cccc(-c2ccccc2C#[N+][O-])c1. The van der Waals surface area contributed by atoms with Gasteiger partial charge in [0.05, 0.1) is 4.92 Å². The van der Waals surface area contributed by atoms with Gasteiger partial charge in [-0.2, -0.15) is 0 Å². The predicted octanol–water partition coefficient (Wildman–Crippen LogP) is 3.44. The maximum absolute atomic E-state index is 10.7. The lowest BCUT2D eigenvalue weighted by Crippen LogP contribution is -1.89. The normalized spacial score (nSPS) is 9.33. The van der Waals surface area contributed by atoms with Gasteiger partial charge in [0, 0.05) is 22.7 Å². The molecule has 0 N–H and O–H groups in total. The fraction of sp³-hybridized carbons (Fsp3) is 0. The average molecular weight is 240 g/mol. The van der Waals surface area contributed by atoms with Crippen molar-refractivity contribution >= 4 is 5.69 Å². The smallest absolute Gasteiger partial charge is 0.337 e. The highest BCUT2D eigenvalue weighted by atomic mass is 16.6. The molecule has 2 aromatic rings. The van der Waals surface area contributed by atoms with Crippen molar-refractivity contribution in [1.82, 2.24) is 0 Å². The third-order valence-electron chi connectivity index (χ3n) is 2.46. The lowest BCUT2D eigenvalue weighted by atomic mass is 10.0. The van der Waals surface area contributed by atoms with E-state index in [4.69, 9.17) is 0 Å². The fourth-order valence-corrected chi connectivity index (χ4v) is 1.67. The molecule has 0 aliphatic heterocycles. The van der Waals surface area contributed by atoms with E-state index in [0.29, 0.717) is 16.7 Å². The molecule has 0 unspecified atom stereocenters. The highest BCUT2D eigenvalue weighted by molar-refractivity contribution is 5.72. The van der Waals surface area contributed by atoms with Gasteiger partial charge in [0.1, 0.15) is 5.56 Å². The molecule has 0 fully saturated rings. The minimum Gasteiger partial charge on any atom is -0.498 e. The lowest BCUT2D eigenvalue weighted by molar-refractivity contribution is -0.384. The quantitative estimate of drug-likeness (QED) is 0.596. The third-order valence-corrected chi connectivity index (χ3v) is 2.46. The summed E-state index contributed by atoms with van der Waals surface area (Å²) in [5.74, 6) is 0. The molecule has 0 atom stereocenters. The number of benzene rings is 2. The summed E-state index contributed by atoms with van der Waals surface area (Å²) in [4.78, 5) is 10.3. The molecule has 2 rings (SSSR count). The maximum atomic E-state index is 10.7. The van der Waals surface area contributed by atoms with Crippen LogP contribution in [0.3, 0.4) is 0 Å². The molecule has 88 valence electrons. The van der Waals surface area contributed by atoms with Crippen LogP contribution in [-0.4, -0.2) is 4.92 Å². The van der Waals surface area contributed by atoms with Crippen molar-refractivity contribution in [2.24, 2.45) is 0 Å². The molecule has 0 radical (unpaired) electrons. The van der Waals surface area contributed by atoms with Crippen LogP contribution in [0.4, 0.5) is 5.69 Å². The summed E-state index contributed by atoms with van der Waals surface area (Å²) in [6.45, 7) is 0. The molecule has 0 bridgehead atoms. The van der Waals surface area contributed by atoms with E-state index in [1.165, 1.54) is 12.1 Å². The first-order valence-electron chi connectivity index (χ1n) is 5.14. The molecule has 0 heterocycles. The molecule has 18 heavy (non-hydrogen) atoms. The van der Waals surface area contributed by atoms with Gasteiger partial charge in [0.2, 0.25) is 0 Å². The molecule has 0 saturated carbocycles. The average Bonchev–Trinajstić information content (AvgIpc) is 2.40.